The van der Waals surface area contributed by atoms with Crippen molar-refractivity contribution in [3.05, 3.63) is 70.8 Å². The number of amides is 1. The van der Waals surface area contributed by atoms with Crippen molar-refractivity contribution < 1.29 is 14.3 Å². The van der Waals surface area contributed by atoms with E-state index in [-0.39, 0.29) is 19.3 Å². The van der Waals surface area contributed by atoms with Crippen molar-refractivity contribution in [3.8, 4) is 17.0 Å². The fraction of sp³-hybridized carbons (Fsp3) is 0.308. The highest BCUT2D eigenvalue weighted by Crippen LogP contribution is 2.33. The van der Waals surface area contributed by atoms with Gasteiger partial charge < -0.3 is 14.4 Å². The van der Waals surface area contributed by atoms with Gasteiger partial charge in [0.25, 0.3) is 0 Å². The molecule has 0 aliphatic carbocycles. The number of hydrogen-bond donors (Lipinski definition) is 0. The molecule has 0 spiro atoms. The zero-order chi connectivity index (χ0) is 25.1. The maximum atomic E-state index is 12.3. The van der Waals surface area contributed by atoms with Crippen LogP contribution in [0.4, 0.5) is 4.79 Å². The van der Waals surface area contributed by atoms with E-state index in [2.05, 4.69) is 10.1 Å². The topological polar surface area (TPSA) is 82.4 Å². The Hall–Kier alpha value is -3.65. The van der Waals surface area contributed by atoms with Gasteiger partial charge in [-0.2, -0.15) is 5.10 Å². The first-order valence-corrected chi connectivity index (χ1v) is 11.7. The van der Waals surface area contributed by atoms with E-state index in [4.69, 9.17) is 26.1 Å². The van der Waals surface area contributed by atoms with Gasteiger partial charge in [0.15, 0.2) is 0 Å². The molecule has 35 heavy (non-hydrogen) atoms. The number of hydrogen-bond acceptors (Lipinski definition) is 6. The first-order chi connectivity index (χ1) is 16.7. The van der Waals surface area contributed by atoms with Crippen LogP contribution in [0.1, 0.15) is 30.7 Å². The predicted molar refractivity (Wildman–Crippen MR) is 135 cm³/mol. The van der Waals surface area contributed by atoms with Gasteiger partial charge in [0.05, 0.1) is 23.4 Å². The van der Waals surface area contributed by atoms with Gasteiger partial charge in [-0.15, -0.1) is 0 Å². The molecule has 0 aliphatic heterocycles. The number of halogens is 1. The monoisotopic (exact) mass is 493 g/mol. The number of fused-ring (bicyclic) bond motifs is 1. The van der Waals surface area contributed by atoms with E-state index >= 15 is 0 Å². The summed E-state index contributed by atoms with van der Waals surface area (Å²) < 4.78 is 13.4. The normalized spacial score (nSPS) is 11.2. The molecule has 4 aromatic rings. The molecule has 8 nitrogen and oxygen atoms in total. The summed E-state index contributed by atoms with van der Waals surface area (Å²) in [4.78, 5) is 22.7. The number of rotatable bonds is 7. The van der Waals surface area contributed by atoms with Gasteiger partial charge in [-0.1, -0.05) is 23.7 Å². The second-order valence-corrected chi connectivity index (χ2v) is 9.05. The number of aryl methyl sites for hydroxylation is 2. The van der Waals surface area contributed by atoms with Gasteiger partial charge in [-0.25, -0.2) is 9.78 Å². The van der Waals surface area contributed by atoms with Crippen LogP contribution >= 0.6 is 11.6 Å². The first-order valence-electron chi connectivity index (χ1n) is 11.3. The van der Waals surface area contributed by atoms with Crippen molar-refractivity contribution in [2.24, 2.45) is 7.05 Å². The second kappa shape index (κ2) is 10.3. The van der Waals surface area contributed by atoms with Crippen molar-refractivity contribution >= 4 is 28.6 Å². The lowest BCUT2D eigenvalue weighted by Gasteiger charge is -2.21. The Morgan fingerprint density at radius 3 is 2.74 bits per heavy atom. The van der Waals surface area contributed by atoms with Crippen molar-refractivity contribution in [1.82, 2.24) is 24.6 Å². The fourth-order valence-electron chi connectivity index (χ4n) is 3.88. The van der Waals surface area contributed by atoms with Gasteiger partial charge in [-0.3, -0.25) is 9.67 Å². The van der Waals surface area contributed by atoms with Crippen molar-refractivity contribution in [3.63, 3.8) is 0 Å². The molecule has 3 aromatic heterocycles. The van der Waals surface area contributed by atoms with Gasteiger partial charge in [0.2, 0.25) is 0 Å². The molecule has 0 unspecified atom stereocenters. The van der Waals surface area contributed by atoms with E-state index < -0.39 is 6.09 Å². The van der Waals surface area contributed by atoms with Crippen LogP contribution in [0.5, 0.6) is 5.75 Å². The number of carbonyl (C=O) groups excluding carboxylic acids is 1. The number of ether oxygens (including phenoxy) is 2. The highest BCUT2D eigenvalue weighted by Gasteiger charge is 2.18. The summed E-state index contributed by atoms with van der Waals surface area (Å²) in [7, 11) is 3.59. The van der Waals surface area contributed by atoms with Gasteiger partial charge in [0.1, 0.15) is 17.9 Å². The average Bonchev–Trinajstić information content (AvgIpc) is 3.23. The predicted octanol–water partition coefficient (Wildman–Crippen LogP) is 5.55. The Morgan fingerprint density at radius 2 is 2.03 bits per heavy atom. The smallest absolute Gasteiger partial charge is 0.410 e. The standard InChI is InChI=1S/C26H28ClN5O3/c1-16(2)35-26(33)31(4)14-18-12-28-13-22(27)21(18)15-34-24-8-6-7-19-20(11-17(3)30-25(19)24)23-9-10-29-32(23)5/h6-13,16H,14-15H2,1-5H3. The Morgan fingerprint density at radius 1 is 1.23 bits per heavy atom. The molecular weight excluding hydrogens is 466 g/mol. The number of nitrogens with zero attached hydrogens (tertiary/aromatic N) is 5. The number of pyridine rings is 2. The minimum atomic E-state index is -0.414. The lowest BCUT2D eigenvalue weighted by Crippen LogP contribution is -2.29. The Balaban J connectivity index is 1.64. The molecule has 0 saturated heterocycles. The number of benzene rings is 1. The molecule has 1 amide bonds. The van der Waals surface area contributed by atoms with Gasteiger partial charge >= 0.3 is 6.09 Å². The average molecular weight is 494 g/mol. The van der Waals surface area contributed by atoms with E-state index in [1.54, 1.807) is 25.6 Å². The third kappa shape index (κ3) is 5.38. The van der Waals surface area contributed by atoms with Crippen LogP contribution in [-0.4, -0.2) is 43.9 Å². The maximum absolute atomic E-state index is 12.3. The lowest BCUT2D eigenvalue weighted by molar-refractivity contribution is 0.0821. The SMILES string of the molecule is Cc1cc(-c2ccnn2C)c2cccc(OCc3c(Cl)cncc3CN(C)C(=O)OC(C)C)c2n1. The number of aromatic nitrogens is 4. The highest BCUT2D eigenvalue weighted by molar-refractivity contribution is 6.31. The molecular formula is C26H28ClN5O3. The minimum Gasteiger partial charge on any atom is -0.487 e. The zero-order valence-corrected chi connectivity index (χ0v) is 21.2. The van der Waals surface area contributed by atoms with Crippen LogP contribution in [0.2, 0.25) is 5.02 Å². The maximum Gasteiger partial charge on any atom is 0.410 e. The Bertz CT molecular complexity index is 1370. The first kappa shape index (κ1) is 24.5. The fourth-order valence-corrected chi connectivity index (χ4v) is 4.11. The molecule has 0 N–H and O–H groups in total. The van der Waals surface area contributed by atoms with Crippen LogP contribution in [0.15, 0.2) is 48.9 Å². The Kier molecular flexibility index (Phi) is 7.21. The van der Waals surface area contributed by atoms with Gasteiger partial charge in [0, 0.05) is 54.9 Å². The lowest BCUT2D eigenvalue weighted by atomic mass is 10.0. The van der Waals surface area contributed by atoms with Crippen LogP contribution in [-0.2, 0) is 24.9 Å². The van der Waals surface area contributed by atoms with Crippen molar-refractivity contribution in [1.29, 1.82) is 0 Å². The summed E-state index contributed by atoms with van der Waals surface area (Å²) >= 11 is 6.49. The van der Waals surface area contributed by atoms with Crippen molar-refractivity contribution in [2.45, 2.75) is 40.0 Å². The van der Waals surface area contributed by atoms with Crippen LogP contribution in [0.3, 0.4) is 0 Å². The van der Waals surface area contributed by atoms with E-state index in [1.165, 1.54) is 4.90 Å². The molecule has 9 heteroatoms. The molecule has 0 radical (unpaired) electrons. The Labute approximate surface area is 209 Å². The van der Waals surface area contributed by atoms with Gasteiger partial charge in [-0.05, 0) is 44.5 Å². The van der Waals surface area contributed by atoms with E-state index in [9.17, 15) is 4.79 Å². The summed E-state index contributed by atoms with van der Waals surface area (Å²) in [6, 6.07) is 9.89. The summed E-state index contributed by atoms with van der Waals surface area (Å²) in [5.41, 5.74) is 5.19. The van der Waals surface area contributed by atoms with E-state index in [0.29, 0.717) is 10.8 Å². The van der Waals surface area contributed by atoms with E-state index in [0.717, 1.165) is 39.0 Å². The molecule has 0 fully saturated rings. The molecule has 0 saturated carbocycles. The molecule has 4 rings (SSSR count). The molecule has 0 atom stereocenters. The van der Waals surface area contributed by atoms with E-state index in [1.807, 2.05) is 62.8 Å². The second-order valence-electron chi connectivity index (χ2n) is 8.64. The number of para-hydroxylation sites is 1. The third-order valence-electron chi connectivity index (χ3n) is 5.55. The summed E-state index contributed by atoms with van der Waals surface area (Å²) in [5.74, 6) is 0.640. The highest BCUT2D eigenvalue weighted by atomic mass is 35.5. The van der Waals surface area contributed by atoms with Crippen LogP contribution < -0.4 is 4.74 Å². The molecule has 3 heterocycles. The molecule has 0 aliphatic rings. The largest absolute Gasteiger partial charge is 0.487 e. The third-order valence-corrected chi connectivity index (χ3v) is 5.88. The number of carbonyl (C=O) groups is 1. The van der Waals surface area contributed by atoms with Crippen LogP contribution in [0.25, 0.3) is 22.2 Å². The zero-order valence-electron chi connectivity index (χ0n) is 20.4. The quantitative estimate of drug-likeness (QED) is 0.336. The molecule has 0 bridgehead atoms. The molecule has 1 aromatic carbocycles. The summed E-state index contributed by atoms with van der Waals surface area (Å²) in [6.07, 6.45) is 4.42. The summed E-state index contributed by atoms with van der Waals surface area (Å²) in [6.45, 7) is 6.06. The minimum absolute atomic E-state index is 0.194. The van der Waals surface area contributed by atoms with Crippen LogP contribution in [0, 0.1) is 6.92 Å². The summed E-state index contributed by atoms with van der Waals surface area (Å²) in [5, 5.41) is 5.74. The van der Waals surface area contributed by atoms with Crippen molar-refractivity contribution in [2.75, 3.05) is 7.05 Å². The molecule has 182 valence electrons.